The summed E-state index contributed by atoms with van der Waals surface area (Å²) in [6, 6.07) is 3.31. The number of hydrogen-bond acceptors (Lipinski definition) is 4. The predicted octanol–water partition coefficient (Wildman–Crippen LogP) is 2.09. The highest BCUT2D eigenvalue weighted by Crippen LogP contribution is 2.30. The lowest BCUT2D eigenvalue weighted by Crippen LogP contribution is -2.55. The lowest BCUT2D eigenvalue weighted by atomic mass is 9.81. The van der Waals surface area contributed by atoms with Crippen molar-refractivity contribution in [1.29, 1.82) is 0 Å². The van der Waals surface area contributed by atoms with Crippen molar-refractivity contribution in [2.75, 3.05) is 20.2 Å². The van der Waals surface area contributed by atoms with Gasteiger partial charge in [0.25, 0.3) is 11.8 Å². The fraction of sp³-hybridized carbons (Fsp3) is 0.421. The number of likely N-dealkylation sites (tertiary alicyclic amines) is 1. The van der Waals surface area contributed by atoms with Crippen molar-refractivity contribution in [3.63, 3.8) is 0 Å². The van der Waals surface area contributed by atoms with E-state index in [2.05, 4.69) is 29.1 Å². The second-order valence-electron chi connectivity index (χ2n) is 7.44. The number of methoxy groups -OCH3 is 1. The maximum atomic E-state index is 12.9. The summed E-state index contributed by atoms with van der Waals surface area (Å²) in [5.74, 6) is 0.305. The minimum absolute atomic E-state index is 0.101. The van der Waals surface area contributed by atoms with Crippen LogP contribution in [0.2, 0.25) is 0 Å². The first-order valence-corrected chi connectivity index (χ1v) is 8.60. The highest BCUT2D eigenvalue weighted by molar-refractivity contribution is 5.95. The summed E-state index contributed by atoms with van der Waals surface area (Å²) in [7, 11) is 1.54. The molecule has 26 heavy (non-hydrogen) atoms. The van der Waals surface area contributed by atoms with Gasteiger partial charge in [-0.25, -0.2) is 0 Å². The summed E-state index contributed by atoms with van der Waals surface area (Å²) in [5, 5.41) is 3.04. The third-order valence-electron chi connectivity index (χ3n) is 4.54. The van der Waals surface area contributed by atoms with Crippen LogP contribution < -0.4 is 10.1 Å². The number of carbonyl (C=O) groups excluding carboxylic acids is 2. The van der Waals surface area contributed by atoms with Gasteiger partial charge in [0.15, 0.2) is 0 Å². The molecule has 1 atom stereocenters. The van der Waals surface area contributed by atoms with Gasteiger partial charge in [-0.05, 0) is 24.0 Å². The zero-order valence-electron chi connectivity index (χ0n) is 15.3. The molecule has 2 aromatic heterocycles. The smallest absolute Gasteiger partial charge is 0.255 e. The third kappa shape index (κ3) is 4.04. The van der Waals surface area contributed by atoms with Crippen LogP contribution in [-0.2, 0) is 0 Å². The number of hydrogen-bond donors (Lipinski definition) is 2. The fourth-order valence-corrected chi connectivity index (χ4v) is 3.46. The zero-order chi connectivity index (χ0) is 18.7. The van der Waals surface area contributed by atoms with Crippen molar-refractivity contribution in [1.82, 2.24) is 20.2 Å². The van der Waals surface area contributed by atoms with Gasteiger partial charge in [-0.3, -0.25) is 14.6 Å². The highest BCUT2D eigenvalue weighted by atomic mass is 16.5. The van der Waals surface area contributed by atoms with Crippen molar-refractivity contribution in [3.05, 3.63) is 48.0 Å². The normalized spacial score (nSPS) is 19.0. The summed E-state index contributed by atoms with van der Waals surface area (Å²) >= 11 is 0. The van der Waals surface area contributed by atoms with Crippen LogP contribution in [0.25, 0.3) is 0 Å². The van der Waals surface area contributed by atoms with E-state index in [-0.39, 0.29) is 23.3 Å². The maximum Gasteiger partial charge on any atom is 0.255 e. The standard InChI is InChI=1S/C19H24N4O3/c1-19(2)7-15(22-17(24)13-4-5-20-8-13)11-23(12-19)18(25)14-6-16(26-3)10-21-9-14/h4-6,8-10,15,20H,7,11-12H2,1-3H3,(H,22,24). The minimum atomic E-state index is -0.135. The molecule has 3 rings (SSSR count). The number of aromatic nitrogens is 2. The van der Waals surface area contributed by atoms with Crippen LogP contribution in [0.4, 0.5) is 0 Å². The van der Waals surface area contributed by atoms with Gasteiger partial charge in [-0.15, -0.1) is 0 Å². The zero-order valence-corrected chi connectivity index (χ0v) is 15.3. The van der Waals surface area contributed by atoms with E-state index in [0.717, 1.165) is 6.42 Å². The van der Waals surface area contributed by atoms with Crippen molar-refractivity contribution in [3.8, 4) is 5.75 Å². The van der Waals surface area contributed by atoms with Crippen LogP contribution in [0.3, 0.4) is 0 Å². The molecule has 0 saturated carbocycles. The molecule has 1 unspecified atom stereocenters. The molecular formula is C19H24N4O3. The van der Waals surface area contributed by atoms with Crippen molar-refractivity contribution in [2.24, 2.45) is 5.41 Å². The Morgan fingerprint density at radius 3 is 2.85 bits per heavy atom. The molecule has 138 valence electrons. The molecule has 7 heteroatoms. The van der Waals surface area contributed by atoms with Crippen LogP contribution in [0.1, 0.15) is 41.0 Å². The number of pyridine rings is 1. The molecule has 0 aromatic carbocycles. The van der Waals surface area contributed by atoms with E-state index in [4.69, 9.17) is 4.74 Å². The van der Waals surface area contributed by atoms with Crippen molar-refractivity contribution in [2.45, 2.75) is 26.3 Å². The summed E-state index contributed by atoms with van der Waals surface area (Å²) < 4.78 is 5.16. The van der Waals surface area contributed by atoms with Gasteiger partial charge in [0, 0.05) is 37.7 Å². The number of aromatic amines is 1. The van der Waals surface area contributed by atoms with Crippen LogP contribution in [-0.4, -0.2) is 52.9 Å². The van der Waals surface area contributed by atoms with Crippen molar-refractivity contribution >= 4 is 11.8 Å². The summed E-state index contributed by atoms with van der Waals surface area (Å²) in [6.45, 7) is 5.30. The van der Waals surface area contributed by atoms with Gasteiger partial charge in [-0.2, -0.15) is 0 Å². The van der Waals surface area contributed by atoms with E-state index in [0.29, 0.717) is 30.0 Å². The summed E-state index contributed by atoms with van der Waals surface area (Å²) in [4.78, 5) is 34.0. The molecule has 1 fully saturated rings. The number of carbonyl (C=O) groups is 2. The third-order valence-corrected chi connectivity index (χ3v) is 4.54. The van der Waals surface area contributed by atoms with Gasteiger partial charge >= 0.3 is 0 Å². The van der Waals surface area contributed by atoms with Crippen molar-refractivity contribution < 1.29 is 14.3 Å². The van der Waals surface area contributed by atoms with Crippen LogP contribution in [0.5, 0.6) is 5.75 Å². The Morgan fingerprint density at radius 1 is 1.35 bits per heavy atom. The molecule has 0 spiro atoms. The van der Waals surface area contributed by atoms with Crippen LogP contribution >= 0.6 is 0 Å². The van der Waals surface area contributed by atoms with E-state index in [1.807, 2.05) is 0 Å². The SMILES string of the molecule is COc1cncc(C(=O)N2CC(NC(=O)c3cc[nH]c3)CC(C)(C)C2)c1. The molecule has 2 aromatic rings. The van der Waals surface area contributed by atoms with Gasteiger partial charge in [0.2, 0.25) is 0 Å². The molecule has 0 bridgehead atoms. The Kier molecular flexibility index (Phi) is 4.97. The Labute approximate surface area is 152 Å². The first-order chi connectivity index (χ1) is 12.4. The first-order valence-electron chi connectivity index (χ1n) is 8.60. The minimum Gasteiger partial charge on any atom is -0.495 e. The van der Waals surface area contributed by atoms with Gasteiger partial charge in [-0.1, -0.05) is 13.8 Å². The number of H-pyrrole nitrogens is 1. The van der Waals surface area contributed by atoms with Gasteiger partial charge in [0.05, 0.1) is 24.4 Å². The number of piperidine rings is 1. The van der Waals surface area contributed by atoms with E-state index in [1.54, 1.807) is 48.9 Å². The Morgan fingerprint density at radius 2 is 2.15 bits per heavy atom. The molecule has 1 aliphatic heterocycles. The highest BCUT2D eigenvalue weighted by Gasteiger charge is 2.36. The van der Waals surface area contributed by atoms with E-state index >= 15 is 0 Å². The monoisotopic (exact) mass is 356 g/mol. The summed E-state index contributed by atoms with van der Waals surface area (Å²) in [6.07, 6.45) is 7.29. The molecule has 1 aliphatic rings. The van der Waals surface area contributed by atoms with Gasteiger partial charge < -0.3 is 19.9 Å². The summed E-state index contributed by atoms with van der Waals surface area (Å²) in [5.41, 5.74) is 0.969. The second-order valence-corrected chi connectivity index (χ2v) is 7.44. The lowest BCUT2D eigenvalue weighted by molar-refractivity contribution is 0.0491. The topological polar surface area (TPSA) is 87.3 Å². The molecule has 0 radical (unpaired) electrons. The first kappa shape index (κ1) is 18.0. The maximum absolute atomic E-state index is 12.9. The van der Waals surface area contributed by atoms with Crippen LogP contribution in [0.15, 0.2) is 36.9 Å². The van der Waals surface area contributed by atoms with Crippen LogP contribution in [0, 0.1) is 5.41 Å². The molecular weight excluding hydrogens is 332 g/mol. The second kappa shape index (κ2) is 7.19. The molecule has 7 nitrogen and oxygen atoms in total. The average molecular weight is 356 g/mol. The number of nitrogens with one attached hydrogen (secondary N) is 2. The molecule has 2 amide bonds. The van der Waals surface area contributed by atoms with E-state index in [1.165, 1.54) is 0 Å². The molecule has 2 N–H and O–H groups in total. The quantitative estimate of drug-likeness (QED) is 0.878. The molecule has 0 aliphatic carbocycles. The number of ether oxygens (including phenoxy) is 1. The number of nitrogens with zero attached hydrogens (tertiary/aromatic N) is 2. The average Bonchev–Trinajstić information content (AvgIpc) is 3.14. The lowest BCUT2D eigenvalue weighted by Gasteiger charge is -2.42. The van der Waals surface area contributed by atoms with E-state index < -0.39 is 0 Å². The Bertz CT molecular complexity index is 786. The molecule has 3 heterocycles. The largest absolute Gasteiger partial charge is 0.495 e. The number of amides is 2. The Hall–Kier alpha value is -2.83. The fourth-order valence-electron chi connectivity index (χ4n) is 3.46. The number of rotatable bonds is 4. The van der Waals surface area contributed by atoms with E-state index in [9.17, 15) is 9.59 Å². The molecule has 1 saturated heterocycles. The van der Waals surface area contributed by atoms with Gasteiger partial charge in [0.1, 0.15) is 5.75 Å². The Balaban J connectivity index is 1.74. The predicted molar refractivity (Wildman–Crippen MR) is 97.1 cm³/mol.